The van der Waals surface area contributed by atoms with Crippen LogP contribution in [0.15, 0.2) is 43.0 Å². The molecule has 0 atom stereocenters. The van der Waals surface area contributed by atoms with Crippen LogP contribution in [-0.4, -0.2) is 75.1 Å². The summed E-state index contributed by atoms with van der Waals surface area (Å²) in [4.78, 5) is 38.5. The highest BCUT2D eigenvalue weighted by Gasteiger charge is 2.46. The standard InChI is InChI=1S/C29H36N8O4S/c1-2-41-26-19-30-18-23(33-26)20-5-8-25(32-17-20)35-27(38)29(12-9-21(10-13-29)37-15-3-4-16-37)24-11-14-31-28(34-24)36-42(39,40)22-6-7-22/h5,8,11,14,17-19,21-22H,2-4,6-7,9-10,12-13,15-16H2,1H3,(H,31,34,36)(H,32,35,38). The van der Waals surface area contributed by atoms with Gasteiger partial charge in [-0.15, -0.1) is 0 Å². The second kappa shape index (κ2) is 11.9. The minimum absolute atomic E-state index is 0.00566. The van der Waals surface area contributed by atoms with Crippen molar-refractivity contribution in [3.8, 4) is 17.1 Å². The van der Waals surface area contributed by atoms with Crippen molar-refractivity contribution in [2.45, 2.75) is 75.0 Å². The molecule has 0 unspecified atom stereocenters. The normalized spacial score (nSPS) is 22.9. The molecule has 2 N–H and O–H groups in total. The van der Waals surface area contributed by atoms with Crippen LogP contribution in [0, 0.1) is 0 Å². The molecule has 1 saturated heterocycles. The zero-order chi connectivity index (χ0) is 29.2. The number of sulfonamides is 1. The Morgan fingerprint density at radius 3 is 2.50 bits per heavy atom. The lowest BCUT2D eigenvalue weighted by Crippen LogP contribution is -2.48. The van der Waals surface area contributed by atoms with Crippen molar-refractivity contribution in [1.82, 2.24) is 29.8 Å². The highest BCUT2D eigenvalue weighted by molar-refractivity contribution is 7.93. The van der Waals surface area contributed by atoms with Gasteiger partial charge < -0.3 is 15.0 Å². The van der Waals surface area contributed by atoms with Gasteiger partial charge in [-0.1, -0.05) is 0 Å². The number of ether oxygens (including phenoxy) is 1. The second-order valence-electron chi connectivity index (χ2n) is 11.2. The van der Waals surface area contributed by atoms with E-state index in [1.165, 1.54) is 19.0 Å². The Morgan fingerprint density at radius 2 is 1.81 bits per heavy atom. The number of likely N-dealkylation sites (tertiary alicyclic amines) is 1. The molecule has 2 saturated carbocycles. The molecule has 42 heavy (non-hydrogen) atoms. The van der Waals surface area contributed by atoms with Crippen LogP contribution in [0.25, 0.3) is 11.3 Å². The number of nitrogens with zero attached hydrogens (tertiary/aromatic N) is 6. The van der Waals surface area contributed by atoms with Crippen LogP contribution in [0.2, 0.25) is 0 Å². The summed E-state index contributed by atoms with van der Waals surface area (Å²) < 4.78 is 33.1. The Kier molecular flexibility index (Phi) is 8.04. The molecule has 4 heterocycles. The molecule has 222 valence electrons. The van der Waals surface area contributed by atoms with Gasteiger partial charge in [0, 0.05) is 24.0 Å². The molecule has 0 radical (unpaired) electrons. The number of pyridine rings is 1. The number of nitrogens with one attached hydrogen (secondary N) is 2. The summed E-state index contributed by atoms with van der Waals surface area (Å²) in [6.45, 7) is 4.56. The molecule has 1 aliphatic heterocycles. The molecular formula is C29H36N8O4S. The van der Waals surface area contributed by atoms with E-state index in [0.717, 1.165) is 31.5 Å². The number of anilines is 2. The van der Waals surface area contributed by atoms with Crippen LogP contribution in [-0.2, 0) is 20.2 Å². The van der Waals surface area contributed by atoms with Crippen LogP contribution in [0.1, 0.15) is 64.0 Å². The van der Waals surface area contributed by atoms with Gasteiger partial charge in [-0.2, -0.15) is 0 Å². The summed E-state index contributed by atoms with van der Waals surface area (Å²) in [5.74, 6) is 0.631. The lowest BCUT2D eigenvalue weighted by atomic mass is 9.69. The summed E-state index contributed by atoms with van der Waals surface area (Å²) in [7, 11) is -3.54. The smallest absolute Gasteiger partial charge is 0.237 e. The summed E-state index contributed by atoms with van der Waals surface area (Å²) in [6.07, 6.45) is 12.9. The molecule has 3 aliphatic rings. The Balaban J connectivity index is 1.24. The Hall–Kier alpha value is -3.71. The first-order valence-electron chi connectivity index (χ1n) is 14.7. The minimum Gasteiger partial charge on any atom is -0.477 e. The van der Waals surface area contributed by atoms with E-state index in [1.807, 2.05) is 13.0 Å². The van der Waals surface area contributed by atoms with Gasteiger partial charge in [-0.3, -0.25) is 14.5 Å². The number of amides is 1. The van der Waals surface area contributed by atoms with Crippen molar-refractivity contribution in [3.05, 3.63) is 48.7 Å². The van der Waals surface area contributed by atoms with E-state index < -0.39 is 20.7 Å². The Morgan fingerprint density at radius 1 is 1.02 bits per heavy atom. The molecule has 1 amide bonds. The van der Waals surface area contributed by atoms with Gasteiger partial charge in [0.2, 0.25) is 27.8 Å². The molecule has 3 aromatic heterocycles. The van der Waals surface area contributed by atoms with E-state index in [4.69, 9.17) is 4.74 Å². The Bertz CT molecular complexity index is 1520. The molecule has 2 aliphatic carbocycles. The predicted molar refractivity (Wildman–Crippen MR) is 157 cm³/mol. The topological polar surface area (TPSA) is 152 Å². The maximum absolute atomic E-state index is 14.1. The van der Waals surface area contributed by atoms with Gasteiger partial charge >= 0.3 is 0 Å². The summed E-state index contributed by atoms with van der Waals surface area (Å²) in [5, 5.41) is 2.62. The number of rotatable bonds is 10. The van der Waals surface area contributed by atoms with Gasteiger partial charge in [0.1, 0.15) is 5.82 Å². The van der Waals surface area contributed by atoms with Crippen molar-refractivity contribution in [1.29, 1.82) is 0 Å². The van der Waals surface area contributed by atoms with Gasteiger partial charge in [0.15, 0.2) is 0 Å². The number of hydrogen-bond donors (Lipinski definition) is 2. The maximum Gasteiger partial charge on any atom is 0.237 e. The first kappa shape index (κ1) is 28.4. The van der Waals surface area contributed by atoms with Crippen molar-refractivity contribution in [2.24, 2.45) is 0 Å². The summed E-state index contributed by atoms with van der Waals surface area (Å²) in [5.41, 5.74) is 0.927. The van der Waals surface area contributed by atoms with Gasteiger partial charge in [-0.25, -0.2) is 28.4 Å². The van der Waals surface area contributed by atoms with Crippen LogP contribution in [0.3, 0.4) is 0 Å². The highest BCUT2D eigenvalue weighted by Crippen LogP contribution is 2.42. The van der Waals surface area contributed by atoms with E-state index in [-0.39, 0.29) is 11.9 Å². The van der Waals surface area contributed by atoms with Crippen molar-refractivity contribution in [3.63, 3.8) is 0 Å². The molecule has 0 bridgehead atoms. The third kappa shape index (κ3) is 6.07. The first-order valence-corrected chi connectivity index (χ1v) is 16.2. The van der Waals surface area contributed by atoms with Crippen molar-refractivity contribution in [2.75, 3.05) is 29.7 Å². The van der Waals surface area contributed by atoms with E-state index in [1.54, 1.807) is 30.7 Å². The van der Waals surface area contributed by atoms with Crippen molar-refractivity contribution >= 4 is 27.7 Å². The van der Waals surface area contributed by atoms with Gasteiger partial charge in [-0.05, 0) is 89.6 Å². The molecule has 3 aromatic rings. The zero-order valence-corrected chi connectivity index (χ0v) is 24.5. The molecule has 0 aromatic carbocycles. The average molecular weight is 593 g/mol. The van der Waals surface area contributed by atoms with Crippen LogP contribution < -0.4 is 14.8 Å². The van der Waals surface area contributed by atoms with E-state index >= 15 is 0 Å². The number of carbonyl (C=O) groups excluding carboxylic acids is 1. The third-order valence-corrected chi connectivity index (χ3v) is 10.3. The fraction of sp³-hybridized carbons (Fsp3) is 0.517. The molecule has 13 heteroatoms. The van der Waals surface area contributed by atoms with E-state index in [9.17, 15) is 13.2 Å². The molecule has 6 rings (SSSR count). The van der Waals surface area contributed by atoms with Crippen LogP contribution in [0.5, 0.6) is 5.88 Å². The highest BCUT2D eigenvalue weighted by atomic mass is 32.2. The fourth-order valence-corrected chi connectivity index (χ4v) is 7.27. The van der Waals surface area contributed by atoms with E-state index in [2.05, 4.69) is 39.9 Å². The number of aromatic nitrogens is 5. The Labute approximate surface area is 245 Å². The zero-order valence-electron chi connectivity index (χ0n) is 23.7. The summed E-state index contributed by atoms with van der Waals surface area (Å²) >= 11 is 0. The monoisotopic (exact) mass is 592 g/mol. The van der Waals surface area contributed by atoms with Gasteiger partial charge in [0.25, 0.3) is 0 Å². The summed E-state index contributed by atoms with van der Waals surface area (Å²) in [6, 6.07) is 5.72. The predicted octanol–water partition coefficient (Wildman–Crippen LogP) is 3.55. The average Bonchev–Trinajstić information content (AvgIpc) is 3.74. The molecule has 3 fully saturated rings. The molecule has 0 spiro atoms. The number of carbonyl (C=O) groups is 1. The van der Waals surface area contributed by atoms with Crippen LogP contribution >= 0.6 is 0 Å². The van der Waals surface area contributed by atoms with E-state index in [0.29, 0.717) is 61.4 Å². The largest absolute Gasteiger partial charge is 0.477 e. The fourth-order valence-electron chi connectivity index (χ4n) is 5.99. The minimum atomic E-state index is -3.54. The van der Waals surface area contributed by atoms with Gasteiger partial charge in [0.05, 0.1) is 41.1 Å². The third-order valence-electron chi connectivity index (χ3n) is 8.45. The lowest BCUT2D eigenvalue weighted by molar-refractivity contribution is -0.123. The number of hydrogen-bond acceptors (Lipinski definition) is 10. The SMILES string of the molecule is CCOc1cncc(-c2ccc(NC(=O)C3(c4ccnc(NS(=O)(=O)C5CC5)n4)CCC(N4CCCC4)CC3)nc2)n1. The van der Waals surface area contributed by atoms with Crippen molar-refractivity contribution < 1.29 is 17.9 Å². The second-order valence-corrected chi connectivity index (χ2v) is 13.2. The molecule has 12 nitrogen and oxygen atoms in total. The first-order chi connectivity index (χ1) is 20.4. The van der Waals surface area contributed by atoms with Crippen LogP contribution in [0.4, 0.5) is 11.8 Å². The lowest BCUT2D eigenvalue weighted by Gasteiger charge is -2.41. The quantitative estimate of drug-likeness (QED) is 0.357. The maximum atomic E-state index is 14.1. The molecular weight excluding hydrogens is 556 g/mol.